The van der Waals surface area contributed by atoms with Gasteiger partial charge in [0.05, 0.1) is 21.9 Å². The molecule has 1 heterocycles. The third-order valence-corrected chi connectivity index (χ3v) is 7.03. The first kappa shape index (κ1) is 19.7. The van der Waals surface area contributed by atoms with Crippen LogP contribution in [-0.4, -0.2) is 17.4 Å². The van der Waals surface area contributed by atoms with E-state index in [1.54, 1.807) is 23.9 Å². The molecule has 0 saturated carbocycles. The minimum atomic E-state index is -0.144. The second kappa shape index (κ2) is 8.01. The molecule has 0 radical (unpaired) electrons. The number of hydrogen-bond donors (Lipinski definition) is 1. The van der Waals surface area contributed by atoms with Gasteiger partial charge in [0.2, 0.25) is 5.78 Å². The topological polar surface area (TPSA) is 40.5 Å². The number of aliphatic hydroxyl groups is 1. The number of allylic oxidation sites excluding steroid dienone is 4. The van der Waals surface area contributed by atoms with Gasteiger partial charge in [-0.15, -0.1) is 0 Å². The van der Waals surface area contributed by atoms with Gasteiger partial charge in [-0.05, 0) is 49.8 Å². The molecule has 2 aromatic rings. The number of aliphatic hydroxyl groups excluding tert-OH is 1. The fourth-order valence-electron chi connectivity index (χ4n) is 3.32. The van der Waals surface area contributed by atoms with Crippen LogP contribution >= 0.6 is 23.5 Å². The number of nitrogens with zero attached hydrogens (tertiary/aromatic N) is 1. The minimum Gasteiger partial charge on any atom is -0.506 e. The van der Waals surface area contributed by atoms with Gasteiger partial charge in [0.1, 0.15) is 5.76 Å². The Labute approximate surface area is 179 Å². The van der Waals surface area contributed by atoms with E-state index in [1.165, 1.54) is 11.8 Å². The number of rotatable bonds is 5. The van der Waals surface area contributed by atoms with Gasteiger partial charge in [0.15, 0.2) is 0 Å². The van der Waals surface area contributed by atoms with E-state index < -0.39 is 0 Å². The summed E-state index contributed by atoms with van der Waals surface area (Å²) >= 11 is 3.11. The van der Waals surface area contributed by atoms with E-state index in [4.69, 9.17) is 0 Å². The van der Waals surface area contributed by atoms with Gasteiger partial charge in [-0.25, -0.2) is 0 Å². The van der Waals surface area contributed by atoms with Crippen LogP contribution in [0.1, 0.15) is 12.5 Å². The number of carbonyl (C=O) groups excluding carboxylic acids is 1. The maximum Gasteiger partial charge on any atom is 0.200 e. The Bertz CT molecular complexity index is 1110. The molecule has 0 spiro atoms. The van der Waals surface area contributed by atoms with Crippen molar-refractivity contribution in [3.05, 3.63) is 99.7 Å². The lowest BCUT2D eigenvalue weighted by atomic mass is 9.87. The molecule has 1 aliphatic carbocycles. The smallest absolute Gasteiger partial charge is 0.200 e. The molecule has 0 unspecified atom stereocenters. The van der Waals surface area contributed by atoms with Crippen molar-refractivity contribution in [1.82, 2.24) is 0 Å². The summed E-state index contributed by atoms with van der Waals surface area (Å²) in [5, 5.41) is 11.5. The molecule has 29 heavy (non-hydrogen) atoms. The predicted octanol–water partition coefficient (Wildman–Crippen LogP) is 6.40. The van der Waals surface area contributed by atoms with E-state index in [2.05, 4.69) is 30.5 Å². The van der Waals surface area contributed by atoms with E-state index >= 15 is 0 Å². The Balaban J connectivity index is 1.56. The van der Waals surface area contributed by atoms with Crippen LogP contribution in [0.15, 0.2) is 104 Å². The van der Waals surface area contributed by atoms with E-state index in [0.717, 1.165) is 37.5 Å². The van der Waals surface area contributed by atoms with Crippen LogP contribution in [0.25, 0.3) is 0 Å². The highest BCUT2D eigenvalue weighted by molar-refractivity contribution is 8.03. The summed E-state index contributed by atoms with van der Waals surface area (Å²) in [6.45, 7) is 8.94. The molecular weight excluding hydrogens is 398 g/mol. The Kier molecular flexibility index (Phi) is 5.43. The molecule has 1 aliphatic heterocycles. The predicted molar refractivity (Wildman–Crippen MR) is 122 cm³/mol. The van der Waals surface area contributed by atoms with Gasteiger partial charge in [-0.1, -0.05) is 60.4 Å². The number of thioether (sulfide) groups is 2. The van der Waals surface area contributed by atoms with Crippen LogP contribution in [0.3, 0.4) is 0 Å². The van der Waals surface area contributed by atoms with Gasteiger partial charge in [-0.3, -0.25) is 4.79 Å². The quantitative estimate of drug-likeness (QED) is 0.449. The third kappa shape index (κ3) is 3.68. The lowest BCUT2D eigenvalue weighted by molar-refractivity contribution is -0.113. The van der Waals surface area contributed by atoms with Gasteiger partial charge in [0, 0.05) is 21.2 Å². The molecule has 0 fully saturated rings. The van der Waals surface area contributed by atoms with Crippen molar-refractivity contribution in [2.75, 3.05) is 11.4 Å². The van der Waals surface area contributed by atoms with Crippen molar-refractivity contribution >= 4 is 35.0 Å². The molecule has 2 aromatic carbocycles. The fourth-order valence-corrected chi connectivity index (χ4v) is 5.33. The first-order chi connectivity index (χ1) is 14.0. The van der Waals surface area contributed by atoms with Gasteiger partial charge < -0.3 is 10.0 Å². The first-order valence-electron chi connectivity index (χ1n) is 9.38. The largest absolute Gasteiger partial charge is 0.506 e. The highest BCUT2D eigenvalue weighted by Crippen LogP contribution is 2.47. The normalized spacial score (nSPS) is 18.4. The maximum absolute atomic E-state index is 12.7. The molecule has 0 amide bonds. The summed E-state index contributed by atoms with van der Waals surface area (Å²) in [5.41, 5.74) is 2.97. The summed E-state index contributed by atoms with van der Waals surface area (Å²) in [6, 6.07) is 16.2. The van der Waals surface area contributed by atoms with Gasteiger partial charge in [0.25, 0.3) is 0 Å². The second-order valence-electron chi connectivity index (χ2n) is 6.78. The highest BCUT2D eigenvalue weighted by atomic mass is 32.2. The van der Waals surface area contributed by atoms with Crippen LogP contribution < -0.4 is 4.90 Å². The number of hydrogen-bond acceptors (Lipinski definition) is 5. The van der Waals surface area contributed by atoms with Crippen LogP contribution in [0, 0.1) is 6.92 Å². The lowest BCUT2D eigenvalue weighted by Crippen LogP contribution is -2.23. The van der Waals surface area contributed by atoms with Gasteiger partial charge in [-0.2, -0.15) is 0 Å². The zero-order valence-corrected chi connectivity index (χ0v) is 17.9. The molecule has 146 valence electrons. The number of para-hydroxylation sites is 1. The molecule has 3 nitrogen and oxygen atoms in total. The molecule has 0 atom stereocenters. The van der Waals surface area contributed by atoms with Crippen molar-refractivity contribution in [2.24, 2.45) is 0 Å². The Morgan fingerprint density at radius 1 is 1.21 bits per heavy atom. The van der Waals surface area contributed by atoms with E-state index in [1.807, 2.05) is 43.3 Å². The standard InChI is InChI=1S/C24H21NO2S2/c1-4-25-19-10-6-8-12-21(19)29-22(25)14-18-23(26)17(24(18)27)13-16(3)28-20-11-7-5-9-15(20)2/h5-14,26H,3-4H2,1-2H3/b17-13-,22-14-. The SMILES string of the molecule is C=C(/C=C1\C(=O)C(/C=C2\Sc3ccccc3N2CC)=C1O)Sc1ccccc1C. The fraction of sp³-hybridized carbons (Fsp3) is 0.125. The van der Waals surface area contributed by atoms with E-state index in [9.17, 15) is 9.90 Å². The third-order valence-electron chi connectivity index (χ3n) is 4.86. The average molecular weight is 420 g/mol. The number of carbonyl (C=O) groups is 1. The number of fused-ring (bicyclic) bond motifs is 1. The molecule has 0 saturated heterocycles. The summed E-state index contributed by atoms with van der Waals surface area (Å²) < 4.78 is 0. The Hall–Kier alpha value is -2.63. The number of Topliss-reactive ketones (excluding diaryl/α,β-unsaturated/α-hetero) is 1. The maximum atomic E-state index is 12.7. The van der Waals surface area contributed by atoms with Crippen molar-refractivity contribution in [3.63, 3.8) is 0 Å². The summed E-state index contributed by atoms with van der Waals surface area (Å²) in [5.74, 6) is -0.101. The van der Waals surface area contributed by atoms with Crippen LogP contribution in [0.5, 0.6) is 0 Å². The van der Waals surface area contributed by atoms with E-state index in [-0.39, 0.29) is 11.5 Å². The second-order valence-corrected chi connectivity index (χ2v) is 9.01. The highest BCUT2D eigenvalue weighted by Gasteiger charge is 2.34. The molecule has 5 heteroatoms. The first-order valence-corrected chi connectivity index (χ1v) is 11.0. The Morgan fingerprint density at radius 2 is 1.93 bits per heavy atom. The zero-order valence-electron chi connectivity index (χ0n) is 16.3. The zero-order chi connectivity index (χ0) is 20.5. The average Bonchev–Trinajstić information content (AvgIpc) is 3.09. The molecular formula is C24H21NO2S2. The number of ketones is 1. The summed E-state index contributed by atoms with van der Waals surface area (Å²) in [4.78, 5) is 17.8. The number of anilines is 1. The summed E-state index contributed by atoms with van der Waals surface area (Å²) in [6.07, 6.45) is 3.46. The summed E-state index contributed by atoms with van der Waals surface area (Å²) in [7, 11) is 0. The molecule has 2 aliphatic rings. The van der Waals surface area contributed by atoms with Crippen LogP contribution in [-0.2, 0) is 4.79 Å². The van der Waals surface area contributed by atoms with Crippen molar-refractivity contribution < 1.29 is 9.90 Å². The monoisotopic (exact) mass is 419 g/mol. The van der Waals surface area contributed by atoms with Crippen molar-refractivity contribution in [2.45, 2.75) is 23.6 Å². The Morgan fingerprint density at radius 3 is 2.66 bits per heavy atom. The van der Waals surface area contributed by atoms with Gasteiger partial charge >= 0.3 is 0 Å². The lowest BCUT2D eigenvalue weighted by Gasteiger charge is -2.22. The minimum absolute atomic E-state index is 0.0432. The van der Waals surface area contributed by atoms with Crippen molar-refractivity contribution in [3.8, 4) is 0 Å². The molecule has 0 aromatic heterocycles. The number of aryl methyl sites for hydroxylation is 1. The molecule has 0 bridgehead atoms. The van der Waals surface area contributed by atoms with E-state index in [0.29, 0.717) is 11.1 Å². The molecule has 1 N–H and O–H groups in total. The number of benzene rings is 2. The van der Waals surface area contributed by atoms with Crippen LogP contribution in [0.2, 0.25) is 0 Å². The van der Waals surface area contributed by atoms with Crippen LogP contribution in [0.4, 0.5) is 5.69 Å². The van der Waals surface area contributed by atoms with Crippen molar-refractivity contribution in [1.29, 1.82) is 0 Å². The molecule has 4 rings (SSSR count).